The summed E-state index contributed by atoms with van der Waals surface area (Å²) in [6, 6.07) is 5.76. The third-order valence-corrected chi connectivity index (χ3v) is 3.98. The first-order chi connectivity index (χ1) is 8.22. The monoisotopic (exact) mass is 231 g/mol. The summed E-state index contributed by atoms with van der Waals surface area (Å²) in [5.74, 6) is 1.71. The molecule has 0 aliphatic carbocycles. The van der Waals surface area contributed by atoms with Crippen molar-refractivity contribution in [3.05, 3.63) is 23.9 Å². The fourth-order valence-electron chi connectivity index (χ4n) is 2.91. The van der Waals surface area contributed by atoms with E-state index in [0.29, 0.717) is 18.0 Å². The number of aromatic nitrogens is 1. The van der Waals surface area contributed by atoms with Gasteiger partial charge in [-0.25, -0.2) is 4.98 Å². The molecule has 2 fully saturated rings. The minimum Gasteiger partial charge on any atom is -0.353 e. The minimum atomic E-state index is 0.566. The Morgan fingerprint density at radius 1 is 1.24 bits per heavy atom. The van der Waals surface area contributed by atoms with Crippen molar-refractivity contribution in [3.63, 3.8) is 0 Å². The zero-order valence-electron chi connectivity index (χ0n) is 10.7. The van der Waals surface area contributed by atoms with Gasteiger partial charge in [0, 0.05) is 31.4 Å². The molecule has 0 spiro atoms. The van der Waals surface area contributed by atoms with Crippen LogP contribution in [-0.2, 0) is 0 Å². The molecule has 92 valence electrons. The van der Waals surface area contributed by atoms with E-state index < -0.39 is 0 Å². The molecule has 0 radical (unpaired) electrons. The van der Waals surface area contributed by atoms with Crippen molar-refractivity contribution >= 4 is 5.82 Å². The molecular formula is C14H21N3. The Balaban J connectivity index is 1.75. The standard InChI is InChI=1S/C14H21N3/c1-10(2)11-3-6-14(15-7-11)17-8-12-4-5-13(9-17)16-12/h3,6-7,10,12-13,16H,4-5,8-9H2,1-2H3. The van der Waals surface area contributed by atoms with Gasteiger partial charge in [0.25, 0.3) is 0 Å². The van der Waals surface area contributed by atoms with Gasteiger partial charge in [0.1, 0.15) is 5.82 Å². The first-order valence-electron chi connectivity index (χ1n) is 6.69. The lowest BCUT2D eigenvalue weighted by Crippen LogP contribution is -2.51. The van der Waals surface area contributed by atoms with Crippen LogP contribution in [0.5, 0.6) is 0 Å². The number of anilines is 1. The number of fused-ring (bicyclic) bond motifs is 2. The largest absolute Gasteiger partial charge is 0.353 e. The van der Waals surface area contributed by atoms with Gasteiger partial charge in [-0.3, -0.25) is 0 Å². The van der Waals surface area contributed by atoms with Crippen molar-refractivity contribution in [2.75, 3.05) is 18.0 Å². The molecule has 3 rings (SSSR count). The predicted octanol–water partition coefficient (Wildman–Crippen LogP) is 2.15. The van der Waals surface area contributed by atoms with E-state index in [1.807, 2.05) is 6.20 Å². The molecule has 17 heavy (non-hydrogen) atoms. The maximum absolute atomic E-state index is 4.62. The first kappa shape index (κ1) is 11.0. The zero-order chi connectivity index (χ0) is 11.8. The van der Waals surface area contributed by atoms with E-state index in [4.69, 9.17) is 0 Å². The van der Waals surface area contributed by atoms with Crippen LogP contribution in [0.25, 0.3) is 0 Å². The average molecular weight is 231 g/mol. The summed E-state index contributed by atoms with van der Waals surface area (Å²) in [5.41, 5.74) is 1.33. The van der Waals surface area contributed by atoms with E-state index in [2.05, 4.69) is 41.2 Å². The number of rotatable bonds is 2. The molecule has 0 aromatic carbocycles. The first-order valence-corrected chi connectivity index (χ1v) is 6.69. The third-order valence-electron chi connectivity index (χ3n) is 3.98. The molecule has 1 aromatic rings. The number of nitrogens with one attached hydrogen (secondary N) is 1. The predicted molar refractivity (Wildman–Crippen MR) is 70.5 cm³/mol. The second-order valence-corrected chi connectivity index (χ2v) is 5.65. The highest BCUT2D eigenvalue weighted by Gasteiger charge is 2.32. The number of hydrogen-bond donors (Lipinski definition) is 1. The summed E-state index contributed by atoms with van der Waals surface area (Å²) < 4.78 is 0. The summed E-state index contributed by atoms with van der Waals surface area (Å²) in [4.78, 5) is 7.05. The Kier molecular flexibility index (Phi) is 2.79. The molecule has 2 aliphatic heterocycles. The normalized spacial score (nSPS) is 27.8. The highest BCUT2D eigenvalue weighted by molar-refractivity contribution is 5.41. The lowest BCUT2D eigenvalue weighted by atomic mass is 10.1. The van der Waals surface area contributed by atoms with Gasteiger partial charge in [-0.15, -0.1) is 0 Å². The number of nitrogens with zero attached hydrogens (tertiary/aromatic N) is 2. The summed E-state index contributed by atoms with van der Waals surface area (Å²) in [6.07, 6.45) is 4.68. The SMILES string of the molecule is CC(C)c1ccc(N2CC3CCC(C2)N3)nc1. The van der Waals surface area contributed by atoms with E-state index >= 15 is 0 Å². The number of hydrogen-bond acceptors (Lipinski definition) is 3. The van der Waals surface area contributed by atoms with Crippen LogP contribution in [0.2, 0.25) is 0 Å². The summed E-state index contributed by atoms with van der Waals surface area (Å²) in [5, 5.41) is 3.65. The van der Waals surface area contributed by atoms with Gasteiger partial charge in [-0.05, 0) is 30.4 Å². The van der Waals surface area contributed by atoms with Gasteiger partial charge >= 0.3 is 0 Å². The van der Waals surface area contributed by atoms with E-state index in [1.165, 1.54) is 18.4 Å². The Morgan fingerprint density at radius 2 is 1.94 bits per heavy atom. The van der Waals surface area contributed by atoms with Crippen molar-refractivity contribution in [1.29, 1.82) is 0 Å². The topological polar surface area (TPSA) is 28.2 Å². The molecule has 2 bridgehead atoms. The summed E-state index contributed by atoms with van der Waals surface area (Å²) in [6.45, 7) is 6.65. The Labute approximate surface area is 103 Å². The second-order valence-electron chi connectivity index (χ2n) is 5.65. The molecule has 3 nitrogen and oxygen atoms in total. The van der Waals surface area contributed by atoms with Crippen LogP contribution in [0, 0.1) is 0 Å². The lowest BCUT2D eigenvalue weighted by molar-refractivity contribution is 0.463. The fourth-order valence-corrected chi connectivity index (χ4v) is 2.91. The van der Waals surface area contributed by atoms with Crippen LogP contribution in [0.1, 0.15) is 38.2 Å². The average Bonchev–Trinajstić information content (AvgIpc) is 2.68. The van der Waals surface area contributed by atoms with Crippen LogP contribution >= 0.6 is 0 Å². The van der Waals surface area contributed by atoms with Crippen LogP contribution < -0.4 is 10.2 Å². The maximum Gasteiger partial charge on any atom is 0.128 e. The van der Waals surface area contributed by atoms with Crippen molar-refractivity contribution in [3.8, 4) is 0 Å². The van der Waals surface area contributed by atoms with Crippen LogP contribution in [0.15, 0.2) is 18.3 Å². The van der Waals surface area contributed by atoms with Gasteiger partial charge in [-0.2, -0.15) is 0 Å². The molecule has 1 N–H and O–H groups in total. The highest BCUT2D eigenvalue weighted by Crippen LogP contribution is 2.24. The molecule has 2 atom stereocenters. The van der Waals surface area contributed by atoms with Gasteiger partial charge in [0.15, 0.2) is 0 Å². The van der Waals surface area contributed by atoms with Crippen molar-refractivity contribution in [1.82, 2.24) is 10.3 Å². The summed E-state index contributed by atoms with van der Waals surface area (Å²) >= 11 is 0. The van der Waals surface area contributed by atoms with Crippen molar-refractivity contribution < 1.29 is 0 Å². The number of piperazine rings is 1. The zero-order valence-corrected chi connectivity index (χ0v) is 10.7. The molecular weight excluding hydrogens is 210 g/mol. The smallest absolute Gasteiger partial charge is 0.128 e. The molecule has 2 aliphatic rings. The van der Waals surface area contributed by atoms with E-state index in [9.17, 15) is 0 Å². The van der Waals surface area contributed by atoms with E-state index in [0.717, 1.165) is 18.9 Å². The van der Waals surface area contributed by atoms with Gasteiger partial charge in [0.05, 0.1) is 0 Å². The molecule has 0 saturated carbocycles. The maximum atomic E-state index is 4.62. The molecule has 3 heterocycles. The molecule has 1 aromatic heterocycles. The van der Waals surface area contributed by atoms with Gasteiger partial charge < -0.3 is 10.2 Å². The van der Waals surface area contributed by atoms with Gasteiger partial charge in [0.2, 0.25) is 0 Å². The summed E-state index contributed by atoms with van der Waals surface area (Å²) in [7, 11) is 0. The Bertz CT molecular complexity index is 373. The Morgan fingerprint density at radius 3 is 2.47 bits per heavy atom. The molecule has 0 amide bonds. The third kappa shape index (κ3) is 2.16. The fraction of sp³-hybridized carbons (Fsp3) is 0.643. The minimum absolute atomic E-state index is 0.566. The second kappa shape index (κ2) is 4.30. The molecule has 2 unspecified atom stereocenters. The van der Waals surface area contributed by atoms with Crippen molar-refractivity contribution in [2.45, 2.75) is 44.7 Å². The molecule has 2 saturated heterocycles. The van der Waals surface area contributed by atoms with Crippen molar-refractivity contribution in [2.24, 2.45) is 0 Å². The van der Waals surface area contributed by atoms with Gasteiger partial charge in [-0.1, -0.05) is 19.9 Å². The van der Waals surface area contributed by atoms with E-state index in [-0.39, 0.29) is 0 Å². The van der Waals surface area contributed by atoms with Crippen LogP contribution in [-0.4, -0.2) is 30.2 Å². The lowest BCUT2D eigenvalue weighted by Gasteiger charge is -2.33. The molecule has 3 heteroatoms. The van der Waals surface area contributed by atoms with E-state index in [1.54, 1.807) is 0 Å². The Hall–Kier alpha value is -1.09. The van der Waals surface area contributed by atoms with Crippen LogP contribution in [0.3, 0.4) is 0 Å². The van der Waals surface area contributed by atoms with Crippen LogP contribution in [0.4, 0.5) is 5.82 Å². The quantitative estimate of drug-likeness (QED) is 0.845. The number of pyridine rings is 1. The highest BCUT2D eigenvalue weighted by atomic mass is 15.3.